The molecule has 0 fully saturated rings. The van der Waals surface area contributed by atoms with Gasteiger partial charge in [0.25, 0.3) is 0 Å². The Hall–Kier alpha value is -1.83. The minimum atomic E-state index is -0.194. The standard InChI is InChI=1S/C13H11NO/c1-2-6-13-7-3-9-15-10-12(13)14-8-5-11(13)4-1/h1-8,10H,9H2. The van der Waals surface area contributed by atoms with Crippen LogP contribution in [-0.4, -0.2) is 12.8 Å². The third kappa shape index (κ3) is 1.14. The lowest BCUT2D eigenvalue weighted by molar-refractivity contribution is 0.286. The highest BCUT2D eigenvalue weighted by molar-refractivity contribution is 5.79. The first-order chi connectivity index (χ1) is 7.42. The maximum atomic E-state index is 5.36. The molecular weight excluding hydrogens is 186 g/mol. The van der Waals surface area contributed by atoms with E-state index in [1.54, 1.807) is 6.26 Å². The van der Waals surface area contributed by atoms with Crippen LogP contribution in [0.15, 0.2) is 65.1 Å². The van der Waals surface area contributed by atoms with Crippen molar-refractivity contribution in [2.45, 2.75) is 0 Å². The highest BCUT2D eigenvalue weighted by Gasteiger charge is 2.35. The normalized spacial score (nSPS) is 30.9. The van der Waals surface area contributed by atoms with Crippen molar-refractivity contribution < 1.29 is 4.74 Å². The molecule has 2 aliphatic heterocycles. The Balaban J connectivity index is 2.23. The number of ether oxygens (including phenoxy) is 1. The van der Waals surface area contributed by atoms with Crippen molar-refractivity contribution in [3.8, 4) is 0 Å². The zero-order valence-electron chi connectivity index (χ0n) is 8.26. The Morgan fingerprint density at radius 1 is 1.27 bits per heavy atom. The van der Waals surface area contributed by atoms with Gasteiger partial charge in [0, 0.05) is 6.21 Å². The molecule has 74 valence electrons. The van der Waals surface area contributed by atoms with E-state index in [4.69, 9.17) is 4.74 Å². The number of dihydropyridines is 1. The lowest BCUT2D eigenvalue weighted by Gasteiger charge is -2.32. The molecule has 1 unspecified atom stereocenters. The van der Waals surface area contributed by atoms with Gasteiger partial charge in [-0.2, -0.15) is 0 Å². The minimum Gasteiger partial charge on any atom is -0.495 e. The molecule has 1 aliphatic carbocycles. The maximum absolute atomic E-state index is 5.36. The largest absolute Gasteiger partial charge is 0.495 e. The number of nitrogens with zero attached hydrogens (tertiary/aromatic N) is 1. The van der Waals surface area contributed by atoms with Crippen molar-refractivity contribution in [1.82, 2.24) is 0 Å². The topological polar surface area (TPSA) is 21.6 Å². The Bertz CT molecular complexity index is 463. The van der Waals surface area contributed by atoms with Gasteiger partial charge in [0.15, 0.2) is 0 Å². The predicted octanol–water partition coefficient (Wildman–Crippen LogP) is 2.54. The summed E-state index contributed by atoms with van der Waals surface area (Å²) in [6, 6.07) is 0. The number of hydrogen-bond acceptors (Lipinski definition) is 2. The van der Waals surface area contributed by atoms with Crippen LogP contribution in [0.5, 0.6) is 0 Å². The van der Waals surface area contributed by atoms with Crippen molar-refractivity contribution in [1.29, 1.82) is 0 Å². The second kappa shape index (κ2) is 3.09. The van der Waals surface area contributed by atoms with Gasteiger partial charge in [0.2, 0.25) is 0 Å². The maximum Gasteiger partial charge on any atom is 0.106 e. The van der Waals surface area contributed by atoms with Gasteiger partial charge >= 0.3 is 0 Å². The van der Waals surface area contributed by atoms with Crippen LogP contribution >= 0.6 is 0 Å². The van der Waals surface area contributed by atoms with E-state index < -0.39 is 0 Å². The van der Waals surface area contributed by atoms with Gasteiger partial charge in [0.1, 0.15) is 12.9 Å². The zero-order valence-corrected chi connectivity index (χ0v) is 8.26. The van der Waals surface area contributed by atoms with Gasteiger partial charge in [-0.15, -0.1) is 0 Å². The van der Waals surface area contributed by atoms with Gasteiger partial charge in [-0.05, 0) is 17.7 Å². The SMILES string of the molecule is C1=CC2=CC=NC3=COCC=CC23C=C1. The number of rotatable bonds is 0. The van der Waals surface area contributed by atoms with Crippen LogP contribution in [0.1, 0.15) is 0 Å². The summed E-state index contributed by atoms with van der Waals surface area (Å²) in [6.45, 7) is 0.617. The molecule has 0 aromatic heterocycles. The molecule has 2 nitrogen and oxygen atoms in total. The molecule has 0 amide bonds. The number of hydrogen-bond donors (Lipinski definition) is 0. The van der Waals surface area contributed by atoms with Crippen LogP contribution in [0.2, 0.25) is 0 Å². The second-order valence-corrected chi connectivity index (χ2v) is 3.73. The summed E-state index contributed by atoms with van der Waals surface area (Å²) in [5.74, 6) is 0. The third-order valence-electron chi connectivity index (χ3n) is 2.88. The molecular formula is C13H11NO. The lowest BCUT2D eigenvalue weighted by atomic mass is 9.73. The summed E-state index contributed by atoms with van der Waals surface area (Å²) in [7, 11) is 0. The summed E-state index contributed by atoms with van der Waals surface area (Å²) in [5.41, 5.74) is 2.00. The van der Waals surface area contributed by atoms with Crippen molar-refractivity contribution in [3.05, 3.63) is 60.1 Å². The molecule has 0 aromatic rings. The van der Waals surface area contributed by atoms with E-state index in [-0.39, 0.29) is 5.41 Å². The van der Waals surface area contributed by atoms with E-state index in [2.05, 4.69) is 29.3 Å². The van der Waals surface area contributed by atoms with Gasteiger partial charge in [-0.1, -0.05) is 30.4 Å². The molecule has 1 atom stereocenters. The molecule has 0 radical (unpaired) electrons. The molecule has 2 heteroatoms. The van der Waals surface area contributed by atoms with Crippen LogP contribution in [0.4, 0.5) is 0 Å². The summed E-state index contributed by atoms with van der Waals surface area (Å²) < 4.78 is 5.36. The monoisotopic (exact) mass is 197 g/mol. The fourth-order valence-corrected chi connectivity index (χ4v) is 2.11. The van der Waals surface area contributed by atoms with E-state index in [1.165, 1.54) is 5.57 Å². The summed E-state index contributed by atoms with van der Waals surface area (Å²) >= 11 is 0. The smallest absolute Gasteiger partial charge is 0.106 e. The molecule has 1 spiro atoms. The average molecular weight is 197 g/mol. The molecule has 3 aliphatic rings. The lowest BCUT2D eigenvalue weighted by Crippen LogP contribution is -2.23. The molecule has 15 heavy (non-hydrogen) atoms. The van der Waals surface area contributed by atoms with E-state index in [1.807, 2.05) is 24.4 Å². The third-order valence-corrected chi connectivity index (χ3v) is 2.88. The van der Waals surface area contributed by atoms with E-state index in [0.717, 1.165) is 5.70 Å². The van der Waals surface area contributed by atoms with E-state index in [9.17, 15) is 0 Å². The van der Waals surface area contributed by atoms with Crippen molar-refractivity contribution in [2.24, 2.45) is 10.4 Å². The number of allylic oxidation sites excluding steroid dienone is 5. The van der Waals surface area contributed by atoms with E-state index >= 15 is 0 Å². The molecule has 2 heterocycles. The van der Waals surface area contributed by atoms with Gasteiger partial charge < -0.3 is 4.74 Å². The quantitative estimate of drug-likeness (QED) is 0.547. The highest BCUT2D eigenvalue weighted by atomic mass is 16.5. The van der Waals surface area contributed by atoms with Gasteiger partial charge in [-0.25, -0.2) is 0 Å². The molecule has 0 saturated heterocycles. The Labute approximate surface area is 88.7 Å². The van der Waals surface area contributed by atoms with Crippen molar-refractivity contribution >= 4 is 6.21 Å². The van der Waals surface area contributed by atoms with Crippen LogP contribution < -0.4 is 0 Å². The summed E-state index contributed by atoms with van der Waals surface area (Å²) in [5, 5.41) is 0. The van der Waals surface area contributed by atoms with Gasteiger partial charge in [-0.3, -0.25) is 4.99 Å². The van der Waals surface area contributed by atoms with Crippen LogP contribution in [0, 0.1) is 5.41 Å². The first-order valence-corrected chi connectivity index (χ1v) is 5.02. The van der Waals surface area contributed by atoms with E-state index in [0.29, 0.717) is 6.61 Å². The molecule has 0 N–H and O–H groups in total. The summed E-state index contributed by atoms with van der Waals surface area (Å²) in [6.07, 6.45) is 18.2. The molecule has 0 aromatic carbocycles. The first kappa shape index (κ1) is 8.48. The Morgan fingerprint density at radius 3 is 3.27 bits per heavy atom. The van der Waals surface area contributed by atoms with Crippen LogP contribution in [0.25, 0.3) is 0 Å². The van der Waals surface area contributed by atoms with Gasteiger partial charge in [0.05, 0.1) is 11.1 Å². The molecule has 0 saturated carbocycles. The number of aliphatic imine (C=N–C) groups is 1. The van der Waals surface area contributed by atoms with Crippen molar-refractivity contribution in [2.75, 3.05) is 6.61 Å². The molecule has 3 rings (SSSR count). The fourth-order valence-electron chi connectivity index (χ4n) is 2.11. The Kier molecular flexibility index (Phi) is 1.75. The zero-order chi connectivity index (χ0) is 10.1. The highest BCUT2D eigenvalue weighted by Crippen LogP contribution is 2.44. The predicted molar refractivity (Wildman–Crippen MR) is 60.5 cm³/mol. The summed E-state index contributed by atoms with van der Waals surface area (Å²) in [4.78, 5) is 4.38. The van der Waals surface area contributed by atoms with Crippen LogP contribution in [-0.2, 0) is 4.74 Å². The minimum absolute atomic E-state index is 0.194. The average Bonchev–Trinajstić information content (AvgIpc) is 2.49. The van der Waals surface area contributed by atoms with Crippen LogP contribution in [0.3, 0.4) is 0 Å². The first-order valence-electron chi connectivity index (χ1n) is 5.02. The Morgan fingerprint density at radius 2 is 2.27 bits per heavy atom. The second-order valence-electron chi connectivity index (χ2n) is 3.73. The fraction of sp³-hybridized carbons (Fsp3) is 0.154. The van der Waals surface area contributed by atoms with Crippen molar-refractivity contribution in [3.63, 3.8) is 0 Å². The molecule has 0 bridgehead atoms.